The second-order valence-corrected chi connectivity index (χ2v) is 6.76. The highest BCUT2D eigenvalue weighted by Crippen LogP contribution is 2.39. The van der Waals surface area contributed by atoms with Gasteiger partial charge in [-0.3, -0.25) is 9.79 Å². The van der Waals surface area contributed by atoms with Gasteiger partial charge in [0.05, 0.1) is 30.5 Å². The van der Waals surface area contributed by atoms with E-state index < -0.39 is 6.04 Å². The number of aromatic nitrogens is 1. The highest BCUT2D eigenvalue weighted by molar-refractivity contribution is 6.30. The number of esters is 1. The van der Waals surface area contributed by atoms with Crippen LogP contribution in [0, 0.1) is 6.92 Å². The van der Waals surface area contributed by atoms with Crippen LogP contribution in [0.1, 0.15) is 42.0 Å². The van der Waals surface area contributed by atoms with Gasteiger partial charge in [0.1, 0.15) is 6.04 Å². The fourth-order valence-corrected chi connectivity index (χ4v) is 3.38. The molecule has 2 heterocycles. The zero-order valence-corrected chi connectivity index (χ0v) is 16.8. The van der Waals surface area contributed by atoms with Crippen molar-refractivity contribution < 1.29 is 14.1 Å². The molecule has 3 rings (SSSR count). The second-order valence-electron chi connectivity index (χ2n) is 6.32. The van der Waals surface area contributed by atoms with Crippen molar-refractivity contribution in [1.29, 1.82) is 0 Å². The highest BCUT2D eigenvalue weighted by atomic mass is 35.5. The molecule has 2 aromatic rings. The molecule has 0 saturated heterocycles. The number of methoxy groups -OCH3 is 1. The van der Waals surface area contributed by atoms with Crippen LogP contribution in [-0.2, 0) is 9.53 Å². The smallest absolute Gasteiger partial charge is 0.308 e. The van der Waals surface area contributed by atoms with Crippen molar-refractivity contribution in [2.45, 2.75) is 26.3 Å². The van der Waals surface area contributed by atoms with E-state index in [1.807, 2.05) is 50.3 Å². The largest absolute Gasteiger partial charge is 0.469 e. The molecule has 1 aliphatic rings. The van der Waals surface area contributed by atoms with Gasteiger partial charge in [-0.1, -0.05) is 53.7 Å². The van der Waals surface area contributed by atoms with Crippen molar-refractivity contribution in [3.63, 3.8) is 0 Å². The molecule has 144 valence electrons. The molecule has 0 fully saturated rings. The van der Waals surface area contributed by atoms with E-state index in [0.717, 1.165) is 28.0 Å². The molecule has 5 nitrogen and oxygen atoms in total. The minimum atomic E-state index is -0.563. The van der Waals surface area contributed by atoms with Crippen molar-refractivity contribution >= 4 is 28.9 Å². The second kappa shape index (κ2) is 8.40. The third-order valence-corrected chi connectivity index (χ3v) is 4.79. The lowest BCUT2D eigenvalue weighted by molar-refractivity contribution is -0.141. The Morgan fingerprint density at radius 3 is 2.64 bits per heavy atom. The van der Waals surface area contributed by atoms with Gasteiger partial charge in [0.15, 0.2) is 5.76 Å². The molecule has 0 bridgehead atoms. The molecule has 0 amide bonds. The van der Waals surface area contributed by atoms with Gasteiger partial charge in [-0.2, -0.15) is 0 Å². The molecule has 28 heavy (non-hydrogen) atoms. The summed E-state index contributed by atoms with van der Waals surface area (Å²) in [6.45, 7) is 7.79. The lowest BCUT2D eigenvalue weighted by atomic mass is 9.92. The third-order valence-electron chi connectivity index (χ3n) is 4.53. The fourth-order valence-electron chi connectivity index (χ4n) is 3.25. The number of fused-ring (bicyclic) bond motifs is 1. The number of rotatable bonds is 5. The van der Waals surface area contributed by atoms with Gasteiger partial charge < -0.3 is 9.26 Å². The Labute approximate surface area is 169 Å². The molecule has 0 unspecified atom stereocenters. The number of aryl methyl sites for hydroxylation is 1. The van der Waals surface area contributed by atoms with Crippen molar-refractivity contribution in [2.24, 2.45) is 4.99 Å². The molecule has 0 aliphatic carbocycles. The summed E-state index contributed by atoms with van der Waals surface area (Å²) in [6.07, 6.45) is 5.72. The van der Waals surface area contributed by atoms with Crippen LogP contribution >= 0.6 is 11.6 Å². The van der Waals surface area contributed by atoms with Gasteiger partial charge in [0.25, 0.3) is 0 Å². The molecule has 0 spiro atoms. The maximum absolute atomic E-state index is 12.0. The topological polar surface area (TPSA) is 64.7 Å². The summed E-state index contributed by atoms with van der Waals surface area (Å²) in [6, 6.07) is 6.86. The first-order chi connectivity index (χ1) is 13.5. The Kier molecular flexibility index (Phi) is 5.95. The average molecular weight is 397 g/mol. The number of carbonyl (C=O) groups is 1. The molecule has 1 atom stereocenters. The fraction of sp³-hybridized carbons (Fsp3) is 0.227. The lowest BCUT2D eigenvalue weighted by Gasteiger charge is -2.12. The van der Waals surface area contributed by atoms with Gasteiger partial charge in [0.2, 0.25) is 0 Å². The molecule has 1 aliphatic heterocycles. The molecule has 1 aromatic carbocycles. The summed E-state index contributed by atoms with van der Waals surface area (Å²) in [5, 5.41) is 4.74. The monoisotopic (exact) mass is 396 g/mol. The van der Waals surface area contributed by atoms with Crippen LogP contribution in [0.2, 0.25) is 5.02 Å². The van der Waals surface area contributed by atoms with E-state index in [1.165, 1.54) is 7.11 Å². The summed E-state index contributed by atoms with van der Waals surface area (Å²) in [5.74, 6) is 0.155. The van der Waals surface area contributed by atoms with E-state index >= 15 is 0 Å². The number of hydrogen-bond acceptors (Lipinski definition) is 5. The van der Waals surface area contributed by atoms with Gasteiger partial charge in [0, 0.05) is 16.2 Å². The van der Waals surface area contributed by atoms with Crippen LogP contribution in [0.3, 0.4) is 0 Å². The Bertz CT molecular complexity index is 997. The Morgan fingerprint density at radius 1 is 1.32 bits per heavy atom. The summed E-state index contributed by atoms with van der Waals surface area (Å²) in [7, 11) is 1.36. The van der Waals surface area contributed by atoms with Crippen molar-refractivity contribution in [2.75, 3.05) is 7.11 Å². The van der Waals surface area contributed by atoms with Gasteiger partial charge in [-0.25, -0.2) is 0 Å². The van der Waals surface area contributed by atoms with Crippen LogP contribution in [-0.4, -0.2) is 23.9 Å². The minimum absolute atomic E-state index is 0.0444. The summed E-state index contributed by atoms with van der Waals surface area (Å²) < 4.78 is 10.5. The van der Waals surface area contributed by atoms with Crippen molar-refractivity contribution in [3.05, 3.63) is 82.2 Å². The number of carbonyl (C=O) groups excluding carboxylic acids is 1. The number of aliphatic imine (C=N–C) groups is 1. The average Bonchev–Trinajstić information content (AvgIpc) is 3.01. The molecule has 6 heteroatoms. The van der Waals surface area contributed by atoms with Crippen molar-refractivity contribution in [3.8, 4) is 0 Å². The van der Waals surface area contributed by atoms with E-state index in [1.54, 1.807) is 6.08 Å². The zero-order valence-electron chi connectivity index (χ0n) is 16.0. The van der Waals surface area contributed by atoms with Gasteiger partial charge in [-0.05, 0) is 31.6 Å². The molecular weight excluding hydrogens is 376 g/mol. The van der Waals surface area contributed by atoms with Crippen molar-refractivity contribution in [1.82, 2.24) is 5.16 Å². The van der Waals surface area contributed by atoms with Crippen LogP contribution in [0.25, 0.3) is 5.57 Å². The van der Waals surface area contributed by atoms with E-state index in [-0.39, 0.29) is 12.4 Å². The van der Waals surface area contributed by atoms with Crippen LogP contribution in [0.4, 0.5) is 0 Å². The van der Waals surface area contributed by atoms with Crippen LogP contribution < -0.4 is 0 Å². The van der Waals surface area contributed by atoms with Crippen LogP contribution in [0.5, 0.6) is 0 Å². The molecule has 0 radical (unpaired) electrons. The van der Waals surface area contributed by atoms with E-state index in [0.29, 0.717) is 16.5 Å². The summed E-state index contributed by atoms with van der Waals surface area (Å²) in [4.78, 5) is 16.9. The number of ether oxygens (including phenoxy) is 1. The SMILES string of the molecule is C=CC1=C(/C=C\C)C(c2ccc(Cl)cc2)=N[C@@H](CC(=O)OC)c2onc(C)c21. The maximum Gasteiger partial charge on any atom is 0.308 e. The van der Waals surface area contributed by atoms with E-state index in [2.05, 4.69) is 11.7 Å². The number of halogens is 1. The Morgan fingerprint density at radius 2 is 2.04 bits per heavy atom. The first-order valence-electron chi connectivity index (χ1n) is 8.87. The molecular formula is C22H21ClN2O3. The van der Waals surface area contributed by atoms with Crippen LogP contribution in [0.15, 0.2) is 64.2 Å². The summed E-state index contributed by atoms with van der Waals surface area (Å²) >= 11 is 6.06. The van der Waals surface area contributed by atoms with E-state index in [4.69, 9.17) is 25.9 Å². The lowest BCUT2D eigenvalue weighted by Crippen LogP contribution is -2.10. The molecule has 1 aromatic heterocycles. The quantitative estimate of drug-likeness (QED) is 0.646. The van der Waals surface area contributed by atoms with Gasteiger partial charge in [-0.15, -0.1) is 0 Å². The third kappa shape index (κ3) is 3.71. The predicted octanol–water partition coefficient (Wildman–Crippen LogP) is 5.26. The number of allylic oxidation sites excluding steroid dienone is 5. The minimum Gasteiger partial charge on any atom is -0.469 e. The normalized spacial score (nSPS) is 16.6. The number of hydrogen-bond donors (Lipinski definition) is 0. The Balaban J connectivity index is 2.31. The number of nitrogens with zero attached hydrogens (tertiary/aromatic N) is 2. The molecule has 0 saturated carbocycles. The number of benzene rings is 1. The van der Waals surface area contributed by atoms with Gasteiger partial charge >= 0.3 is 5.97 Å². The predicted molar refractivity (Wildman–Crippen MR) is 111 cm³/mol. The first-order valence-corrected chi connectivity index (χ1v) is 9.24. The summed E-state index contributed by atoms with van der Waals surface area (Å²) in [5.41, 5.74) is 4.86. The highest BCUT2D eigenvalue weighted by Gasteiger charge is 2.31. The Hall–Kier alpha value is -2.92. The molecule has 0 N–H and O–H groups in total. The standard InChI is InChI=1S/C22H21ClN2O3/c1-5-7-17-16(6-2)20-13(3)25-28-22(20)18(12-19(26)27-4)24-21(17)14-8-10-15(23)11-9-14/h5-11,18H,2,12H2,1,3-4H3/b7-5-/t18-/m0/s1. The maximum atomic E-state index is 12.0. The first kappa shape index (κ1) is 19.8. The zero-order chi connectivity index (χ0) is 20.3. The van der Waals surface area contributed by atoms with E-state index in [9.17, 15) is 4.79 Å².